The number of carbonyl (C=O) groups is 1. The van der Waals surface area contributed by atoms with E-state index >= 15 is 0 Å². The van der Waals surface area contributed by atoms with Crippen LogP contribution in [0.15, 0.2) is 68.9 Å². The van der Waals surface area contributed by atoms with Crippen LogP contribution in [0.4, 0.5) is 0 Å². The molecule has 1 aliphatic rings. The summed E-state index contributed by atoms with van der Waals surface area (Å²) >= 11 is 2.85. The standard InChI is InChI=1S/C27H24N2O5S2/c1-5-34-26(31)22-15(2)28-27-29(25(30)21(36-27)14-18-7-6-12-35-18)24(22)23-19-13-17(32-3)10-8-16(19)9-11-20(23)33-4/h6-14,24H,5H2,1-4H3. The highest BCUT2D eigenvalue weighted by molar-refractivity contribution is 7.11. The molecule has 7 nitrogen and oxygen atoms in total. The maximum absolute atomic E-state index is 13.9. The van der Waals surface area contributed by atoms with Crippen molar-refractivity contribution in [3.8, 4) is 11.5 Å². The van der Waals surface area contributed by atoms with Gasteiger partial charge in [-0.25, -0.2) is 9.79 Å². The summed E-state index contributed by atoms with van der Waals surface area (Å²) in [6.07, 6.45) is 1.86. The first kappa shape index (κ1) is 24.0. The van der Waals surface area contributed by atoms with Crippen molar-refractivity contribution in [1.29, 1.82) is 0 Å². The van der Waals surface area contributed by atoms with Crippen molar-refractivity contribution < 1.29 is 19.0 Å². The summed E-state index contributed by atoms with van der Waals surface area (Å²) in [5.41, 5.74) is 1.26. The van der Waals surface area contributed by atoms with Gasteiger partial charge in [-0.3, -0.25) is 9.36 Å². The number of aromatic nitrogens is 1. The zero-order valence-electron chi connectivity index (χ0n) is 20.2. The molecular weight excluding hydrogens is 496 g/mol. The quantitative estimate of drug-likeness (QED) is 0.359. The van der Waals surface area contributed by atoms with Crippen LogP contribution in [-0.2, 0) is 9.53 Å². The van der Waals surface area contributed by atoms with E-state index in [1.54, 1.807) is 44.0 Å². The van der Waals surface area contributed by atoms with E-state index in [2.05, 4.69) is 4.99 Å². The van der Waals surface area contributed by atoms with Crippen LogP contribution in [0, 0.1) is 0 Å². The maximum Gasteiger partial charge on any atom is 0.338 e. The van der Waals surface area contributed by atoms with Gasteiger partial charge in [-0.1, -0.05) is 29.5 Å². The monoisotopic (exact) mass is 520 g/mol. The van der Waals surface area contributed by atoms with E-state index < -0.39 is 12.0 Å². The molecule has 3 heterocycles. The SMILES string of the molecule is CCOC(=O)C1=C(C)N=c2sc(=Cc3cccs3)c(=O)n2C1c1c(OC)ccc2ccc(OC)cc12. The minimum Gasteiger partial charge on any atom is -0.497 e. The van der Waals surface area contributed by atoms with Crippen LogP contribution in [0.25, 0.3) is 16.8 Å². The summed E-state index contributed by atoms with van der Waals surface area (Å²) in [4.78, 5) is 33.3. The summed E-state index contributed by atoms with van der Waals surface area (Å²) in [7, 11) is 3.18. The molecule has 0 bridgehead atoms. The number of nitrogens with zero attached hydrogens (tertiary/aromatic N) is 2. The van der Waals surface area contributed by atoms with Gasteiger partial charge < -0.3 is 14.2 Å². The van der Waals surface area contributed by atoms with Crippen LogP contribution in [-0.4, -0.2) is 31.4 Å². The van der Waals surface area contributed by atoms with Crippen LogP contribution >= 0.6 is 22.7 Å². The van der Waals surface area contributed by atoms with E-state index in [0.717, 1.165) is 15.6 Å². The van der Waals surface area contributed by atoms with Crippen molar-refractivity contribution in [2.75, 3.05) is 20.8 Å². The summed E-state index contributed by atoms with van der Waals surface area (Å²) in [6.45, 7) is 3.72. The van der Waals surface area contributed by atoms with Crippen molar-refractivity contribution >= 4 is 45.5 Å². The molecule has 0 fully saturated rings. The molecule has 0 aliphatic carbocycles. The molecule has 36 heavy (non-hydrogen) atoms. The number of benzene rings is 2. The molecule has 4 aromatic rings. The molecule has 0 spiro atoms. The predicted octanol–water partition coefficient (Wildman–Crippen LogP) is 4.03. The van der Waals surface area contributed by atoms with Crippen molar-refractivity contribution in [3.05, 3.63) is 89.2 Å². The number of thiophene rings is 1. The summed E-state index contributed by atoms with van der Waals surface area (Å²) in [6, 6.07) is 12.6. The Balaban J connectivity index is 1.88. The second-order valence-electron chi connectivity index (χ2n) is 8.09. The molecule has 0 saturated carbocycles. The number of hydrogen-bond acceptors (Lipinski definition) is 8. The highest BCUT2D eigenvalue weighted by atomic mass is 32.1. The molecule has 184 valence electrons. The molecule has 0 saturated heterocycles. The van der Waals surface area contributed by atoms with E-state index in [-0.39, 0.29) is 12.2 Å². The molecular formula is C27H24N2O5S2. The van der Waals surface area contributed by atoms with E-state index in [0.29, 0.717) is 37.7 Å². The largest absolute Gasteiger partial charge is 0.497 e. The summed E-state index contributed by atoms with van der Waals surface area (Å²) in [5.74, 6) is 0.684. The molecule has 0 radical (unpaired) electrons. The lowest BCUT2D eigenvalue weighted by Crippen LogP contribution is -2.40. The van der Waals surface area contributed by atoms with Gasteiger partial charge in [0.2, 0.25) is 0 Å². The number of carbonyl (C=O) groups excluding carboxylic acids is 1. The molecule has 1 unspecified atom stereocenters. The Morgan fingerprint density at radius 3 is 2.67 bits per heavy atom. The van der Waals surface area contributed by atoms with Crippen LogP contribution in [0.2, 0.25) is 0 Å². The third kappa shape index (κ3) is 4.04. The molecule has 0 N–H and O–H groups in total. The fourth-order valence-electron chi connectivity index (χ4n) is 4.46. The van der Waals surface area contributed by atoms with Gasteiger partial charge in [-0.05, 0) is 60.3 Å². The van der Waals surface area contributed by atoms with Crippen LogP contribution < -0.4 is 24.4 Å². The first-order chi connectivity index (χ1) is 17.5. The van der Waals surface area contributed by atoms with Gasteiger partial charge in [-0.15, -0.1) is 11.3 Å². The smallest absolute Gasteiger partial charge is 0.338 e. The van der Waals surface area contributed by atoms with Crippen molar-refractivity contribution in [1.82, 2.24) is 4.57 Å². The lowest BCUT2D eigenvalue weighted by Gasteiger charge is -2.27. The molecule has 0 amide bonds. The molecule has 1 atom stereocenters. The summed E-state index contributed by atoms with van der Waals surface area (Å²) < 4.78 is 18.8. The Kier molecular flexibility index (Phi) is 6.51. The van der Waals surface area contributed by atoms with E-state index in [1.165, 1.54) is 11.3 Å². The maximum atomic E-state index is 13.9. The fraction of sp³-hybridized carbons (Fsp3) is 0.222. The predicted molar refractivity (Wildman–Crippen MR) is 142 cm³/mol. The number of fused-ring (bicyclic) bond motifs is 2. The van der Waals surface area contributed by atoms with Crippen LogP contribution in [0.3, 0.4) is 0 Å². The van der Waals surface area contributed by atoms with Gasteiger partial charge in [0.15, 0.2) is 4.80 Å². The highest BCUT2D eigenvalue weighted by Gasteiger charge is 2.36. The van der Waals surface area contributed by atoms with Crippen LogP contribution in [0.1, 0.15) is 30.3 Å². The van der Waals surface area contributed by atoms with Gasteiger partial charge in [0.1, 0.15) is 17.5 Å². The van der Waals surface area contributed by atoms with E-state index in [1.807, 2.05) is 53.9 Å². The zero-order valence-corrected chi connectivity index (χ0v) is 21.9. The lowest BCUT2D eigenvalue weighted by molar-refractivity contribution is -0.139. The zero-order chi connectivity index (χ0) is 25.4. The van der Waals surface area contributed by atoms with Crippen molar-refractivity contribution in [3.63, 3.8) is 0 Å². The Labute approximate surface area is 215 Å². The van der Waals surface area contributed by atoms with Gasteiger partial charge in [0.05, 0.1) is 36.6 Å². The third-order valence-corrected chi connectivity index (χ3v) is 7.86. The number of hydrogen-bond donors (Lipinski definition) is 0. The fourth-order valence-corrected chi connectivity index (χ4v) is 6.23. The van der Waals surface area contributed by atoms with Gasteiger partial charge in [0.25, 0.3) is 5.56 Å². The molecule has 2 aromatic carbocycles. The van der Waals surface area contributed by atoms with Gasteiger partial charge in [-0.2, -0.15) is 0 Å². The summed E-state index contributed by atoms with van der Waals surface area (Å²) in [5, 5.41) is 3.69. The van der Waals surface area contributed by atoms with Crippen molar-refractivity contribution in [2.24, 2.45) is 4.99 Å². The Hall–Kier alpha value is -3.69. The number of esters is 1. The molecule has 2 aromatic heterocycles. The molecule has 9 heteroatoms. The number of allylic oxidation sites excluding steroid dienone is 1. The van der Waals surface area contributed by atoms with Gasteiger partial charge in [0, 0.05) is 10.4 Å². The average Bonchev–Trinajstić information content (AvgIpc) is 3.50. The highest BCUT2D eigenvalue weighted by Crippen LogP contribution is 2.41. The Morgan fingerprint density at radius 2 is 1.97 bits per heavy atom. The second kappa shape index (κ2) is 9.75. The Morgan fingerprint density at radius 1 is 1.17 bits per heavy atom. The molecule has 1 aliphatic heterocycles. The first-order valence-electron chi connectivity index (χ1n) is 11.3. The average molecular weight is 521 g/mol. The topological polar surface area (TPSA) is 79.1 Å². The second-order valence-corrected chi connectivity index (χ2v) is 10.1. The number of rotatable bonds is 6. The van der Waals surface area contributed by atoms with Crippen LogP contribution in [0.5, 0.6) is 11.5 Å². The first-order valence-corrected chi connectivity index (χ1v) is 13.0. The third-order valence-electron chi connectivity index (χ3n) is 6.06. The number of thiazole rings is 1. The minimum absolute atomic E-state index is 0.200. The minimum atomic E-state index is -0.795. The number of methoxy groups -OCH3 is 2. The van der Waals surface area contributed by atoms with E-state index in [4.69, 9.17) is 14.2 Å². The molecule has 5 rings (SSSR count). The normalized spacial score (nSPS) is 15.6. The lowest BCUT2D eigenvalue weighted by atomic mass is 9.90. The van der Waals surface area contributed by atoms with E-state index in [9.17, 15) is 9.59 Å². The number of ether oxygens (including phenoxy) is 3. The van der Waals surface area contributed by atoms with Crippen molar-refractivity contribution in [2.45, 2.75) is 19.9 Å². The Bertz CT molecular complexity index is 1670. The van der Waals surface area contributed by atoms with Gasteiger partial charge >= 0.3 is 5.97 Å².